The van der Waals surface area contributed by atoms with Crippen molar-refractivity contribution in [1.29, 1.82) is 0 Å². The average Bonchev–Trinajstić information content (AvgIpc) is 2.64. The van der Waals surface area contributed by atoms with E-state index in [-0.39, 0.29) is 11.8 Å². The third-order valence-electron chi connectivity index (χ3n) is 6.08. The van der Waals surface area contributed by atoms with Crippen molar-refractivity contribution in [1.82, 2.24) is 10.3 Å². The fraction of sp³-hybridized carbons (Fsp3) is 0.632. The Morgan fingerprint density at radius 2 is 1.64 bits per heavy atom. The maximum Gasteiger partial charge on any atom is 0.233 e. The number of hydrogen-bond donors (Lipinski definition) is 1. The molecular formula is C19H26N4O2. The van der Waals surface area contributed by atoms with E-state index in [0.717, 1.165) is 32.0 Å². The van der Waals surface area contributed by atoms with Crippen LogP contribution in [-0.2, 0) is 9.59 Å². The van der Waals surface area contributed by atoms with Gasteiger partial charge in [-0.05, 0) is 62.7 Å². The molecule has 3 aliphatic rings. The number of nitrogens with zero attached hydrogens (tertiary/aromatic N) is 3. The van der Waals surface area contributed by atoms with Crippen LogP contribution in [0.25, 0.3) is 0 Å². The third-order valence-corrected chi connectivity index (χ3v) is 6.08. The number of anilines is 2. The normalized spacial score (nSPS) is 24.0. The van der Waals surface area contributed by atoms with Crippen LogP contribution in [0.3, 0.4) is 0 Å². The summed E-state index contributed by atoms with van der Waals surface area (Å²) in [7, 11) is 0. The first-order valence-electron chi connectivity index (χ1n) is 9.44. The Balaban J connectivity index is 1.42. The van der Waals surface area contributed by atoms with Crippen LogP contribution in [0, 0.1) is 5.41 Å². The Hall–Kier alpha value is -1.95. The average molecular weight is 342 g/mol. The Morgan fingerprint density at radius 3 is 2.24 bits per heavy atom. The number of aromatic nitrogens is 1. The summed E-state index contributed by atoms with van der Waals surface area (Å²) in [4.78, 5) is 32.2. The van der Waals surface area contributed by atoms with Crippen molar-refractivity contribution in [3.05, 3.63) is 18.3 Å². The number of carbonyl (C=O) groups is 2. The first kappa shape index (κ1) is 16.5. The maximum absolute atomic E-state index is 12.0. The summed E-state index contributed by atoms with van der Waals surface area (Å²) in [5.41, 5.74) is 1.12. The number of rotatable bonds is 2. The summed E-state index contributed by atoms with van der Waals surface area (Å²) in [5, 5.41) is 3.46. The molecule has 0 radical (unpaired) electrons. The fourth-order valence-corrected chi connectivity index (χ4v) is 4.41. The van der Waals surface area contributed by atoms with Gasteiger partial charge in [0, 0.05) is 25.9 Å². The molecule has 0 unspecified atom stereocenters. The predicted octanol–water partition coefficient (Wildman–Crippen LogP) is 2.10. The molecule has 3 saturated heterocycles. The molecule has 4 rings (SSSR count). The minimum Gasteiger partial charge on any atom is -0.357 e. The molecule has 0 bridgehead atoms. The quantitative estimate of drug-likeness (QED) is 0.834. The van der Waals surface area contributed by atoms with Gasteiger partial charge in [0.25, 0.3) is 0 Å². The molecule has 3 fully saturated rings. The molecule has 1 spiro atoms. The third kappa shape index (κ3) is 3.27. The van der Waals surface area contributed by atoms with E-state index in [1.807, 2.05) is 12.1 Å². The lowest BCUT2D eigenvalue weighted by Gasteiger charge is -2.44. The number of imide groups is 1. The van der Waals surface area contributed by atoms with Crippen molar-refractivity contribution in [2.45, 2.75) is 44.9 Å². The van der Waals surface area contributed by atoms with E-state index >= 15 is 0 Å². The van der Waals surface area contributed by atoms with Crippen LogP contribution in [-0.4, -0.2) is 43.0 Å². The van der Waals surface area contributed by atoms with E-state index in [0.29, 0.717) is 30.4 Å². The first-order valence-corrected chi connectivity index (χ1v) is 9.44. The van der Waals surface area contributed by atoms with Gasteiger partial charge in [-0.2, -0.15) is 0 Å². The highest BCUT2D eigenvalue weighted by molar-refractivity contribution is 6.16. The van der Waals surface area contributed by atoms with Crippen LogP contribution in [0.4, 0.5) is 11.5 Å². The molecule has 1 aromatic rings. The van der Waals surface area contributed by atoms with Gasteiger partial charge >= 0.3 is 0 Å². The van der Waals surface area contributed by atoms with Gasteiger partial charge < -0.3 is 10.2 Å². The monoisotopic (exact) mass is 342 g/mol. The number of pyridine rings is 1. The second-order valence-corrected chi connectivity index (χ2v) is 7.59. The zero-order valence-electron chi connectivity index (χ0n) is 14.7. The number of carbonyl (C=O) groups excluding carboxylic acids is 2. The van der Waals surface area contributed by atoms with Crippen molar-refractivity contribution in [2.75, 3.05) is 36.0 Å². The summed E-state index contributed by atoms with van der Waals surface area (Å²) in [6.07, 6.45) is 8.23. The van der Waals surface area contributed by atoms with Gasteiger partial charge in [-0.15, -0.1) is 0 Å². The van der Waals surface area contributed by atoms with Crippen molar-refractivity contribution in [2.24, 2.45) is 5.41 Å². The molecule has 0 saturated carbocycles. The molecule has 3 aliphatic heterocycles. The fourth-order valence-electron chi connectivity index (χ4n) is 4.41. The Bertz CT molecular complexity index is 626. The van der Waals surface area contributed by atoms with Gasteiger partial charge in [0.05, 0.1) is 11.9 Å². The van der Waals surface area contributed by atoms with Gasteiger partial charge in [-0.1, -0.05) is 0 Å². The maximum atomic E-state index is 12.0. The summed E-state index contributed by atoms with van der Waals surface area (Å²) in [6, 6.07) is 3.81. The molecule has 6 nitrogen and oxygen atoms in total. The SMILES string of the molecule is O=C1CCCC(=O)N1c1ccc(N2CCC3(CCNCC3)CC2)nc1. The predicted molar refractivity (Wildman–Crippen MR) is 96.6 cm³/mol. The van der Waals surface area contributed by atoms with E-state index in [2.05, 4.69) is 15.2 Å². The Labute approximate surface area is 148 Å². The number of hydrogen-bond acceptors (Lipinski definition) is 5. The largest absolute Gasteiger partial charge is 0.357 e. The first-order chi connectivity index (χ1) is 12.2. The van der Waals surface area contributed by atoms with Crippen molar-refractivity contribution in [3.63, 3.8) is 0 Å². The molecule has 1 N–H and O–H groups in total. The summed E-state index contributed by atoms with van der Waals surface area (Å²) < 4.78 is 0. The van der Waals surface area contributed by atoms with E-state index in [1.165, 1.54) is 30.6 Å². The molecule has 25 heavy (non-hydrogen) atoms. The van der Waals surface area contributed by atoms with Crippen molar-refractivity contribution in [3.8, 4) is 0 Å². The topological polar surface area (TPSA) is 65.5 Å². The van der Waals surface area contributed by atoms with Crippen LogP contribution >= 0.6 is 0 Å². The lowest BCUT2D eigenvalue weighted by atomic mass is 9.71. The molecule has 134 valence electrons. The van der Waals surface area contributed by atoms with E-state index in [9.17, 15) is 9.59 Å². The molecule has 0 aromatic carbocycles. The zero-order valence-corrected chi connectivity index (χ0v) is 14.7. The van der Waals surface area contributed by atoms with Crippen LogP contribution < -0.4 is 15.1 Å². The molecule has 0 aliphatic carbocycles. The van der Waals surface area contributed by atoms with Gasteiger partial charge in [-0.25, -0.2) is 9.88 Å². The van der Waals surface area contributed by atoms with E-state index in [4.69, 9.17) is 0 Å². The summed E-state index contributed by atoms with van der Waals surface area (Å²) in [5.74, 6) is 0.720. The number of amides is 2. The number of nitrogens with one attached hydrogen (secondary N) is 1. The minimum absolute atomic E-state index is 0.114. The second kappa shape index (κ2) is 6.75. The second-order valence-electron chi connectivity index (χ2n) is 7.59. The lowest BCUT2D eigenvalue weighted by molar-refractivity contribution is -0.129. The molecule has 6 heteroatoms. The van der Waals surface area contributed by atoms with Crippen LogP contribution in [0.5, 0.6) is 0 Å². The zero-order chi connectivity index (χ0) is 17.3. The van der Waals surface area contributed by atoms with Gasteiger partial charge in [0.2, 0.25) is 11.8 Å². The molecule has 0 atom stereocenters. The van der Waals surface area contributed by atoms with Crippen LogP contribution in [0.15, 0.2) is 18.3 Å². The van der Waals surface area contributed by atoms with Gasteiger partial charge in [-0.3, -0.25) is 9.59 Å². The molecular weight excluding hydrogens is 316 g/mol. The highest BCUT2D eigenvalue weighted by atomic mass is 16.2. The van der Waals surface area contributed by atoms with E-state index < -0.39 is 0 Å². The van der Waals surface area contributed by atoms with Crippen molar-refractivity contribution < 1.29 is 9.59 Å². The lowest BCUT2D eigenvalue weighted by Crippen LogP contribution is -2.45. The highest BCUT2D eigenvalue weighted by Gasteiger charge is 2.36. The molecule has 4 heterocycles. The summed E-state index contributed by atoms with van der Waals surface area (Å²) >= 11 is 0. The highest BCUT2D eigenvalue weighted by Crippen LogP contribution is 2.40. The minimum atomic E-state index is -0.114. The van der Waals surface area contributed by atoms with Gasteiger partial charge in [0.15, 0.2) is 0 Å². The standard InChI is InChI=1S/C19H26N4O2/c24-17-2-1-3-18(25)23(17)15-4-5-16(21-14-15)22-12-8-19(9-13-22)6-10-20-11-7-19/h4-5,14,20H,1-3,6-13H2. The van der Waals surface area contributed by atoms with Crippen LogP contribution in [0.1, 0.15) is 44.9 Å². The van der Waals surface area contributed by atoms with Crippen molar-refractivity contribution >= 4 is 23.3 Å². The Kier molecular flexibility index (Phi) is 4.46. The molecule has 2 amide bonds. The number of piperidine rings is 3. The van der Waals surface area contributed by atoms with E-state index in [1.54, 1.807) is 6.20 Å². The van der Waals surface area contributed by atoms with Crippen LogP contribution in [0.2, 0.25) is 0 Å². The van der Waals surface area contributed by atoms with Gasteiger partial charge in [0.1, 0.15) is 5.82 Å². The molecule has 1 aromatic heterocycles. The summed E-state index contributed by atoms with van der Waals surface area (Å²) in [6.45, 7) is 4.36. The smallest absolute Gasteiger partial charge is 0.233 e. The Morgan fingerprint density at radius 1 is 0.960 bits per heavy atom.